The summed E-state index contributed by atoms with van der Waals surface area (Å²) in [5.41, 5.74) is -1.95. The topological polar surface area (TPSA) is 242 Å². The van der Waals surface area contributed by atoms with E-state index in [4.69, 9.17) is 15.0 Å². The molecule has 0 spiro atoms. The Balaban J connectivity index is -0.00000210. The number of halogens is 1. The van der Waals surface area contributed by atoms with Crippen molar-refractivity contribution in [3.63, 3.8) is 0 Å². The Bertz CT molecular complexity index is 955. The Morgan fingerprint density at radius 1 is 1.25 bits per heavy atom. The summed E-state index contributed by atoms with van der Waals surface area (Å²) in [6, 6.07) is -0.991. The standard InChI is InChI=1S/C8H13FN3O12P3S.4Na/c9-4-1-12(8(13)11-7(4)10)5-3-28-6(22-5)2-21-26(17,18)24-27(19,20)23-25(14,15)16;;;;/h1,5-6H,2-3H2,(H,17,18)(H,19,20)(H2,10,11,13)(H2,14,15,16);;;;/q;4*+1/p-4/t5-,6+;;;;/m0..../s1. The second-order valence-electron chi connectivity index (χ2n) is 4.80. The molecule has 1 aliphatic rings. The first-order valence-corrected chi connectivity index (χ1v) is 12.1. The average molecular weight is 575 g/mol. The molecule has 1 aliphatic heterocycles. The number of rotatable bonds is 8. The van der Waals surface area contributed by atoms with Crippen LogP contribution in [0.2, 0.25) is 0 Å². The zero-order valence-corrected chi connectivity index (χ0v) is 28.6. The number of phosphoric acid groups is 3. The van der Waals surface area contributed by atoms with E-state index in [1.54, 1.807) is 0 Å². The summed E-state index contributed by atoms with van der Waals surface area (Å²) in [4.78, 5) is 44.0. The van der Waals surface area contributed by atoms with Crippen molar-refractivity contribution >= 4 is 35.2 Å². The molecular formula is C8H9FN3Na4O12P3S. The largest absolute Gasteiger partial charge is 1.00 e. The molecule has 160 valence electrons. The van der Waals surface area contributed by atoms with Crippen LogP contribution in [0.3, 0.4) is 0 Å². The van der Waals surface area contributed by atoms with Gasteiger partial charge in [0.15, 0.2) is 11.3 Å². The third-order valence-corrected chi connectivity index (χ3v) is 7.54. The molecule has 24 heteroatoms. The summed E-state index contributed by atoms with van der Waals surface area (Å²) in [5, 5.41) is 18.7. The minimum atomic E-state index is -6.03. The van der Waals surface area contributed by atoms with Gasteiger partial charge in [-0.3, -0.25) is 14.3 Å². The molecule has 32 heavy (non-hydrogen) atoms. The summed E-state index contributed by atoms with van der Waals surface area (Å²) >= 11 is 0.906. The molecule has 2 unspecified atom stereocenters. The minimum Gasteiger partial charge on any atom is -0.846 e. The predicted molar refractivity (Wildman–Crippen MR) is 77.0 cm³/mol. The van der Waals surface area contributed by atoms with Crippen molar-refractivity contribution in [3.05, 3.63) is 17.5 Å². The number of nitrogens with one attached hydrogen (secondary N) is 1. The summed E-state index contributed by atoms with van der Waals surface area (Å²) in [7, 11) is -17.5. The average Bonchev–Trinajstić information content (AvgIpc) is 2.94. The van der Waals surface area contributed by atoms with Crippen molar-refractivity contribution in [1.29, 1.82) is 5.41 Å². The Kier molecular flexibility index (Phi) is 20.3. The first-order valence-electron chi connectivity index (χ1n) is 6.68. The Morgan fingerprint density at radius 3 is 2.34 bits per heavy atom. The van der Waals surface area contributed by atoms with Gasteiger partial charge in [-0.15, -0.1) is 11.8 Å². The van der Waals surface area contributed by atoms with E-state index in [0.29, 0.717) is 6.20 Å². The van der Waals surface area contributed by atoms with Crippen molar-refractivity contribution < 1.29 is 179 Å². The molecule has 0 radical (unpaired) electrons. The van der Waals surface area contributed by atoms with Crippen molar-refractivity contribution in [3.8, 4) is 6.01 Å². The Labute approximate surface area is 272 Å². The fourth-order valence-electron chi connectivity index (χ4n) is 1.77. The van der Waals surface area contributed by atoms with Crippen LogP contribution in [0, 0.1) is 11.2 Å². The molecule has 0 bridgehead atoms. The van der Waals surface area contributed by atoms with Crippen LogP contribution in [0.15, 0.2) is 6.20 Å². The van der Waals surface area contributed by atoms with Crippen molar-refractivity contribution in [2.75, 3.05) is 12.4 Å². The maximum atomic E-state index is 13.4. The second-order valence-corrected chi connectivity index (χ2v) is 10.3. The molecule has 4 atom stereocenters. The molecule has 0 saturated carbocycles. The van der Waals surface area contributed by atoms with Crippen LogP contribution in [0.25, 0.3) is 0 Å². The molecule has 2 rings (SSSR count). The molecule has 1 aromatic rings. The summed E-state index contributed by atoms with van der Waals surface area (Å²) in [6.45, 7) is -0.824. The normalized spacial score (nSPS) is 21.5. The molecule has 0 aromatic carbocycles. The van der Waals surface area contributed by atoms with Gasteiger partial charge in [-0.1, -0.05) is 0 Å². The number of aromatic nitrogens is 2. The molecule has 2 N–H and O–H groups in total. The maximum Gasteiger partial charge on any atom is 1.00 e. The molecule has 15 nitrogen and oxygen atoms in total. The number of nitrogens with zero attached hydrogens (tertiary/aromatic N) is 2. The van der Waals surface area contributed by atoms with E-state index >= 15 is 0 Å². The third kappa shape index (κ3) is 13.8. The Hall–Kier alpha value is 3.33. The van der Waals surface area contributed by atoms with Gasteiger partial charge in [0.1, 0.15) is 11.7 Å². The molecule has 1 saturated heterocycles. The van der Waals surface area contributed by atoms with Crippen LogP contribution in [-0.2, 0) is 31.6 Å². The van der Waals surface area contributed by atoms with Crippen LogP contribution in [0.4, 0.5) is 4.39 Å². The predicted octanol–water partition coefficient (Wildman–Crippen LogP) is -14.4. The smallest absolute Gasteiger partial charge is 0.846 e. The number of thioether (sulfide) groups is 1. The van der Waals surface area contributed by atoms with Crippen LogP contribution < -0.4 is 144 Å². The van der Waals surface area contributed by atoms with E-state index < -0.39 is 59.1 Å². The number of ether oxygens (including phenoxy) is 1. The van der Waals surface area contributed by atoms with Crippen molar-refractivity contribution in [1.82, 2.24) is 9.55 Å². The fourth-order valence-corrected chi connectivity index (χ4v) is 5.78. The zero-order valence-electron chi connectivity index (χ0n) is 17.1. The van der Waals surface area contributed by atoms with Crippen LogP contribution in [-0.4, -0.2) is 32.2 Å². The second kappa shape index (κ2) is 16.3. The van der Waals surface area contributed by atoms with E-state index in [9.17, 15) is 37.9 Å². The molecular weight excluding hydrogens is 566 g/mol. The van der Waals surface area contributed by atoms with Gasteiger partial charge in [0.2, 0.25) is 0 Å². The van der Waals surface area contributed by atoms with E-state index in [-0.39, 0.29) is 124 Å². The Morgan fingerprint density at radius 2 is 1.81 bits per heavy atom. The van der Waals surface area contributed by atoms with Gasteiger partial charge in [-0.2, -0.15) is 0 Å². The number of phosphoric ester groups is 1. The summed E-state index contributed by atoms with van der Waals surface area (Å²) < 4.78 is 63.0. The number of hydrogen-bond donors (Lipinski definition) is 2. The zero-order chi connectivity index (χ0) is 21.3. The van der Waals surface area contributed by atoms with Gasteiger partial charge in [0.25, 0.3) is 7.82 Å². The van der Waals surface area contributed by atoms with Gasteiger partial charge >= 0.3 is 126 Å². The monoisotopic (exact) mass is 575 g/mol. The molecule has 0 amide bonds. The quantitative estimate of drug-likeness (QED) is 0.216. The maximum absolute atomic E-state index is 13.4. The summed E-state index contributed by atoms with van der Waals surface area (Å²) in [6.07, 6.45) is -0.406. The van der Waals surface area contributed by atoms with E-state index in [2.05, 4.69) is 18.1 Å². The first kappa shape index (κ1) is 39.8. The van der Waals surface area contributed by atoms with Gasteiger partial charge in [0, 0.05) is 11.9 Å². The van der Waals surface area contributed by atoms with Crippen molar-refractivity contribution in [2.45, 2.75) is 11.7 Å². The summed E-state index contributed by atoms with van der Waals surface area (Å²) in [5.74, 6) is -1.08. The molecule has 0 aliphatic carbocycles. The van der Waals surface area contributed by atoms with Crippen LogP contribution in [0.1, 0.15) is 6.23 Å². The minimum absolute atomic E-state index is 0. The van der Waals surface area contributed by atoms with Crippen molar-refractivity contribution in [2.24, 2.45) is 0 Å². The fraction of sp³-hybridized carbons (Fsp3) is 0.500. The number of hydrogen-bond acceptors (Lipinski definition) is 14. The van der Waals surface area contributed by atoms with E-state index in [1.165, 1.54) is 0 Å². The molecule has 1 aromatic heterocycles. The van der Waals surface area contributed by atoms with E-state index in [0.717, 1.165) is 16.3 Å². The SMILES string of the molecule is N=c1nc([O-])n([C@@H]2CS[C@H](COP(=O)([O-])OP(=O)(O)OP(=O)([O-])[O-])O2)cc1F.[Na+].[Na+].[Na+].[Na+]. The van der Waals surface area contributed by atoms with Gasteiger partial charge < -0.3 is 43.1 Å². The van der Waals surface area contributed by atoms with Gasteiger partial charge in [0.05, 0.1) is 20.4 Å². The van der Waals surface area contributed by atoms with Gasteiger partial charge in [-0.25, -0.2) is 18.3 Å². The van der Waals surface area contributed by atoms with E-state index in [1.807, 2.05) is 0 Å². The van der Waals surface area contributed by atoms with Crippen LogP contribution >= 0.6 is 35.2 Å². The van der Waals surface area contributed by atoms with Crippen LogP contribution in [0.5, 0.6) is 6.01 Å². The first-order chi connectivity index (χ1) is 12.7. The third-order valence-electron chi connectivity index (χ3n) is 2.73. The molecule has 1 fully saturated rings. The van der Waals surface area contributed by atoms with Gasteiger partial charge in [-0.05, 0) is 0 Å². The molecule has 2 heterocycles.